The van der Waals surface area contributed by atoms with Gasteiger partial charge in [-0.1, -0.05) is 41.9 Å². The van der Waals surface area contributed by atoms with Gasteiger partial charge in [-0.25, -0.2) is 10.4 Å². The van der Waals surface area contributed by atoms with Gasteiger partial charge in [0.25, 0.3) is 5.56 Å². The fourth-order valence-electron chi connectivity index (χ4n) is 2.22. The first-order valence-electron chi connectivity index (χ1n) is 7.46. The van der Waals surface area contributed by atoms with Gasteiger partial charge < -0.3 is 5.11 Å². The van der Waals surface area contributed by atoms with Crippen LogP contribution in [-0.4, -0.2) is 21.3 Å². The zero-order chi connectivity index (χ0) is 18.5. The predicted octanol–water partition coefficient (Wildman–Crippen LogP) is 3.11. The van der Waals surface area contributed by atoms with Gasteiger partial charge in [0, 0.05) is 11.1 Å². The first-order chi connectivity index (χ1) is 12.6. The Morgan fingerprint density at radius 1 is 1.27 bits per heavy atom. The van der Waals surface area contributed by atoms with Crippen LogP contribution < -0.4 is 11.0 Å². The van der Waals surface area contributed by atoms with Crippen LogP contribution in [0.1, 0.15) is 11.1 Å². The lowest BCUT2D eigenvalue weighted by Crippen LogP contribution is -2.16. The number of aromatic hydroxyl groups is 1. The van der Waals surface area contributed by atoms with Crippen LogP contribution in [0.25, 0.3) is 11.3 Å². The number of halogens is 1. The topological polar surface area (TPSA) is 114 Å². The first-order valence-corrected chi connectivity index (χ1v) is 7.83. The summed E-state index contributed by atoms with van der Waals surface area (Å²) in [6, 6.07) is 15.2. The number of nitriles is 1. The van der Waals surface area contributed by atoms with Crippen molar-refractivity contribution >= 4 is 23.8 Å². The molecule has 0 aliphatic heterocycles. The highest BCUT2D eigenvalue weighted by molar-refractivity contribution is 6.33. The average molecular weight is 366 g/mol. The van der Waals surface area contributed by atoms with Crippen molar-refractivity contribution in [2.45, 2.75) is 0 Å². The van der Waals surface area contributed by atoms with Crippen molar-refractivity contribution in [1.82, 2.24) is 9.97 Å². The summed E-state index contributed by atoms with van der Waals surface area (Å²) in [6.45, 7) is 0. The van der Waals surface area contributed by atoms with E-state index in [9.17, 15) is 15.2 Å². The number of H-pyrrole nitrogens is 1. The van der Waals surface area contributed by atoms with Gasteiger partial charge in [0.2, 0.25) is 5.95 Å². The van der Waals surface area contributed by atoms with E-state index in [0.717, 1.165) is 0 Å². The molecule has 0 fully saturated rings. The number of nitrogens with one attached hydrogen (secondary N) is 2. The molecule has 0 unspecified atom stereocenters. The Bertz CT molecular complexity index is 1070. The molecule has 0 radical (unpaired) electrons. The number of phenolic OH excluding ortho intramolecular Hbond substituents is 1. The van der Waals surface area contributed by atoms with Crippen LogP contribution in [0.3, 0.4) is 0 Å². The number of aromatic amines is 1. The summed E-state index contributed by atoms with van der Waals surface area (Å²) in [5, 5.41) is 22.9. The van der Waals surface area contributed by atoms with Gasteiger partial charge in [-0.15, -0.1) is 0 Å². The van der Waals surface area contributed by atoms with E-state index in [0.29, 0.717) is 16.1 Å². The van der Waals surface area contributed by atoms with Crippen molar-refractivity contribution in [3.05, 3.63) is 75.0 Å². The molecule has 8 heteroatoms. The minimum absolute atomic E-state index is 0.0469. The Hall–Kier alpha value is -3.63. The summed E-state index contributed by atoms with van der Waals surface area (Å²) in [5.41, 5.74) is 3.43. The summed E-state index contributed by atoms with van der Waals surface area (Å²) in [7, 11) is 0. The van der Waals surface area contributed by atoms with Gasteiger partial charge in [-0.2, -0.15) is 10.4 Å². The number of hydrazone groups is 1. The summed E-state index contributed by atoms with van der Waals surface area (Å²) in [6.07, 6.45) is 1.42. The van der Waals surface area contributed by atoms with Gasteiger partial charge in [-0.3, -0.25) is 9.78 Å². The first kappa shape index (κ1) is 17.2. The fraction of sp³-hybridized carbons (Fsp3) is 0. The van der Waals surface area contributed by atoms with E-state index in [-0.39, 0.29) is 23.0 Å². The van der Waals surface area contributed by atoms with Crippen molar-refractivity contribution in [2.75, 3.05) is 5.43 Å². The molecule has 0 amide bonds. The molecule has 0 saturated carbocycles. The lowest BCUT2D eigenvalue weighted by atomic mass is 10.1. The van der Waals surface area contributed by atoms with Crippen molar-refractivity contribution in [3.8, 4) is 23.1 Å². The maximum atomic E-state index is 12.1. The van der Waals surface area contributed by atoms with Crippen LogP contribution in [0.15, 0.2) is 58.4 Å². The fourth-order valence-corrected chi connectivity index (χ4v) is 2.44. The smallest absolute Gasteiger partial charge is 0.270 e. The van der Waals surface area contributed by atoms with Gasteiger partial charge >= 0.3 is 0 Å². The molecule has 0 saturated heterocycles. The third kappa shape index (κ3) is 3.71. The molecule has 0 aliphatic carbocycles. The summed E-state index contributed by atoms with van der Waals surface area (Å²) in [5.74, 6) is 0.129. The molecule has 2 aromatic carbocycles. The Balaban J connectivity index is 1.92. The number of nitrogens with zero attached hydrogens (tertiary/aromatic N) is 3. The van der Waals surface area contributed by atoms with Crippen LogP contribution in [0.2, 0.25) is 5.02 Å². The molecule has 1 aromatic heterocycles. The van der Waals surface area contributed by atoms with E-state index >= 15 is 0 Å². The second-order valence-electron chi connectivity index (χ2n) is 5.19. The van der Waals surface area contributed by atoms with Crippen LogP contribution in [0, 0.1) is 11.3 Å². The van der Waals surface area contributed by atoms with Crippen LogP contribution >= 0.6 is 11.6 Å². The predicted molar refractivity (Wildman–Crippen MR) is 99.3 cm³/mol. The quantitative estimate of drug-likeness (QED) is 0.485. The standard InChI is InChI=1S/C18H12ClN5O2/c19-15-8-13(25)7-6-12(15)10-21-24-18-22-16(11-4-2-1-3-5-11)14(9-20)17(26)23-18/h1-8,10,25H,(H2,22,23,24,26). The maximum absolute atomic E-state index is 12.1. The van der Waals surface area contributed by atoms with Crippen LogP contribution in [0.4, 0.5) is 5.95 Å². The SMILES string of the molecule is N#Cc1c(-c2ccccc2)nc(NN=Cc2ccc(O)cc2Cl)[nH]c1=O. The normalized spacial score (nSPS) is 10.6. The lowest BCUT2D eigenvalue weighted by molar-refractivity contribution is 0.475. The highest BCUT2D eigenvalue weighted by Crippen LogP contribution is 2.21. The molecule has 3 N–H and O–H groups in total. The Labute approximate surface area is 153 Å². The van der Waals surface area contributed by atoms with Crippen molar-refractivity contribution < 1.29 is 5.11 Å². The van der Waals surface area contributed by atoms with Crippen molar-refractivity contribution in [2.24, 2.45) is 5.10 Å². The number of aromatic nitrogens is 2. The minimum atomic E-state index is -0.568. The molecule has 0 bridgehead atoms. The van der Waals surface area contributed by atoms with Crippen LogP contribution in [-0.2, 0) is 0 Å². The highest BCUT2D eigenvalue weighted by Gasteiger charge is 2.12. The molecular weight excluding hydrogens is 354 g/mol. The number of anilines is 1. The van der Waals surface area contributed by atoms with Gasteiger partial charge in [0.1, 0.15) is 17.4 Å². The molecule has 128 valence electrons. The lowest BCUT2D eigenvalue weighted by Gasteiger charge is -2.06. The molecule has 0 atom stereocenters. The zero-order valence-electron chi connectivity index (χ0n) is 13.3. The third-order valence-electron chi connectivity index (χ3n) is 3.44. The Kier molecular flexibility index (Phi) is 4.97. The van der Waals surface area contributed by atoms with Crippen molar-refractivity contribution in [1.29, 1.82) is 5.26 Å². The minimum Gasteiger partial charge on any atom is -0.508 e. The molecule has 3 aromatic rings. The largest absolute Gasteiger partial charge is 0.508 e. The zero-order valence-corrected chi connectivity index (χ0v) is 14.0. The summed E-state index contributed by atoms with van der Waals surface area (Å²) < 4.78 is 0. The molecule has 3 rings (SSSR count). The van der Waals surface area contributed by atoms with Gasteiger partial charge in [0.05, 0.1) is 16.9 Å². The molecule has 0 aliphatic rings. The number of hydrogen-bond donors (Lipinski definition) is 3. The van der Waals surface area contributed by atoms with E-state index in [1.54, 1.807) is 30.3 Å². The number of benzene rings is 2. The molecule has 26 heavy (non-hydrogen) atoms. The number of hydrogen-bond acceptors (Lipinski definition) is 6. The maximum Gasteiger partial charge on any atom is 0.270 e. The Morgan fingerprint density at radius 2 is 2.04 bits per heavy atom. The number of phenols is 1. The number of rotatable bonds is 4. The highest BCUT2D eigenvalue weighted by atomic mass is 35.5. The summed E-state index contributed by atoms with van der Waals surface area (Å²) in [4.78, 5) is 18.9. The van der Waals surface area contributed by atoms with Crippen molar-refractivity contribution in [3.63, 3.8) is 0 Å². The van der Waals surface area contributed by atoms with E-state index in [2.05, 4.69) is 20.5 Å². The van der Waals surface area contributed by atoms with Gasteiger partial charge in [-0.05, 0) is 18.2 Å². The van der Waals surface area contributed by atoms with Gasteiger partial charge in [0.15, 0.2) is 0 Å². The van der Waals surface area contributed by atoms with E-state index in [1.807, 2.05) is 12.1 Å². The monoisotopic (exact) mass is 365 g/mol. The molecule has 1 heterocycles. The average Bonchev–Trinajstić information content (AvgIpc) is 2.64. The molecule has 0 spiro atoms. The Morgan fingerprint density at radius 3 is 2.73 bits per heavy atom. The van der Waals surface area contributed by atoms with Crippen LogP contribution in [0.5, 0.6) is 5.75 Å². The van der Waals surface area contributed by atoms with E-state index in [1.165, 1.54) is 18.3 Å². The summed E-state index contributed by atoms with van der Waals surface area (Å²) >= 11 is 5.99. The third-order valence-corrected chi connectivity index (χ3v) is 3.76. The molecule has 7 nitrogen and oxygen atoms in total. The second kappa shape index (κ2) is 7.51. The van der Waals surface area contributed by atoms with E-state index in [4.69, 9.17) is 11.6 Å². The molecular formula is C18H12ClN5O2. The van der Waals surface area contributed by atoms with E-state index < -0.39 is 5.56 Å². The second-order valence-corrected chi connectivity index (χ2v) is 5.60.